The molecule has 0 bridgehead atoms. The van der Waals surface area contributed by atoms with Crippen LogP contribution >= 0.6 is 12.6 Å². The Morgan fingerprint density at radius 1 is 1.40 bits per heavy atom. The maximum absolute atomic E-state index is 5.45. The van der Waals surface area contributed by atoms with Crippen molar-refractivity contribution in [1.82, 2.24) is 9.80 Å². The van der Waals surface area contributed by atoms with E-state index in [1.807, 2.05) is 0 Å². The number of ether oxygens (including phenoxy) is 1. The molecule has 0 N–H and O–H groups in total. The van der Waals surface area contributed by atoms with Gasteiger partial charge in [0.05, 0.1) is 13.2 Å². The Hall–Kier alpha value is 0.230. The molecule has 15 heavy (non-hydrogen) atoms. The molecule has 1 unspecified atom stereocenters. The summed E-state index contributed by atoms with van der Waals surface area (Å²) in [5, 5.41) is 0. The summed E-state index contributed by atoms with van der Waals surface area (Å²) in [6, 6.07) is 0.726. The SMILES string of the molecule is CN(C)C1CCCN(CCOCCS)C1. The maximum Gasteiger partial charge on any atom is 0.0593 e. The Morgan fingerprint density at radius 3 is 2.87 bits per heavy atom. The lowest BCUT2D eigenvalue weighted by atomic mass is 10.1. The lowest BCUT2D eigenvalue weighted by molar-refractivity contribution is 0.0817. The molecule has 0 radical (unpaired) electrons. The van der Waals surface area contributed by atoms with Crippen LogP contribution in [0, 0.1) is 0 Å². The minimum absolute atomic E-state index is 0.726. The van der Waals surface area contributed by atoms with Gasteiger partial charge in [-0.05, 0) is 33.5 Å². The summed E-state index contributed by atoms with van der Waals surface area (Å²) in [6.45, 7) is 5.11. The predicted octanol–water partition coefficient (Wildman–Crippen LogP) is 0.959. The largest absolute Gasteiger partial charge is 0.379 e. The summed E-state index contributed by atoms with van der Waals surface area (Å²) in [6.07, 6.45) is 2.65. The highest BCUT2D eigenvalue weighted by Crippen LogP contribution is 2.13. The van der Waals surface area contributed by atoms with E-state index >= 15 is 0 Å². The highest BCUT2D eigenvalue weighted by Gasteiger charge is 2.20. The van der Waals surface area contributed by atoms with E-state index in [4.69, 9.17) is 4.74 Å². The van der Waals surface area contributed by atoms with Crippen LogP contribution in [0.25, 0.3) is 0 Å². The van der Waals surface area contributed by atoms with Gasteiger partial charge in [-0.1, -0.05) is 0 Å². The Morgan fingerprint density at radius 2 is 2.20 bits per heavy atom. The zero-order chi connectivity index (χ0) is 11.1. The van der Waals surface area contributed by atoms with Crippen LogP contribution < -0.4 is 0 Å². The van der Waals surface area contributed by atoms with Crippen LogP contribution in [0.4, 0.5) is 0 Å². The summed E-state index contributed by atoms with van der Waals surface area (Å²) in [5.41, 5.74) is 0. The minimum Gasteiger partial charge on any atom is -0.379 e. The van der Waals surface area contributed by atoms with Gasteiger partial charge in [0.15, 0.2) is 0 Å². The Kier molecular flexibility index (Phi) is 6.64. The summed E-state index contributed by atoms with van der Waals surface area (Å²) >= 11 is 4.12. The van der Waals surface area contributed by atoms with Crippen LogP contribution in [0.3, 0.4) is 0 Å². The highest BCUT2D eigenvalue weighted by molar-refractivity contribution is 7.80. The third-order valence-electron chi connectivity index (χ3n) is 3.00. The molecule has 0 saturated carbocycles. The molecule has 0 spiro atoms. The molecule has 0 aromatic heterocycles. The smallest absolute Gasteiger partial charge is 0.0593 e. The van der Waals surface area contributed by atoms with Gasteiger partial charge < -0.3 is 9.64 Å². The van der Waals surface area contributed by atoms with Crippen molar-refractivity contribution in [3.05, 3.63) is 0 Å². The summed E-state index contributed by atoms with van der Waals surface area (Å²) < 4.78 is 5.45. The summed E-state index contributed by atoms with van der Waals surface area (Å²) in [5.74, 6) is 0.820. The molecule has 1 saturated heterocycles. The average Bonchev–Trinajstić information content (AvgIpc) is 2.25. The molecule has 0 amide bonds. The van der Waals surface area contributed by atoms with E-state index < -0.39 is 0 Å². The van der Waals surface area contributed by atoms with E-state index in [0.29, 0.717) is 0 Å². The zero-order valence-electron chi connectivity index (χ0n) is 9.98. The van der Waals surface area contributed by atoms with E-state index in [9.17, 15) is 0 Å². The number of hydrogen-bond acceptors (Lipinski definition) is 4. The van der Waals surface area contributed by atoms with Gasteiger partial charge in [-0.25, -0.2) is 0 Å². The molecule has 90 valence electrons. The van der Waals surface area contributed by atoms with Crippen LogP contribution in [0.1, 0.15) is 12.8 Å². The van der Waals surface area contributed by atoms with Crippen LogP contribution in [-0.4, -0.2) is 68.5 Å². The van der Waals surface area contributed by atoms with Gasteiger partial charge in [0.25, 0.3) is 0 Å². The second-order valence-corrected chi connectivity index (χ2v) is 4.84. The summed E-state index contributed by atoms with van der Waals surface area (Å²) in [4.78, 5) is 4.84. The lowest BCUT2D eigenvalue weighted by Crippen LogP contribution is -2.46. The molecule has 3 nitrogen and oxygen atoms in total. The van der Waals surface area contributed by atoms with Crippen molar-refractivity contribution in [3.8, 4) is 0 Å². The van der Waals surface area contributed by atoms with Gasteiger partial charge in [0, 0.05) is 24.9 Å². The molecule has 0 aromatic carbocycles. The van der Waals surface area contributed by atoms with Gasteiger partial charge in [-0.2, -0.15) is 12.6 Å². The Bertz CT molecular complexity index is 167. The Balaban J connectivity index is 2.13. The number of likely N-dealkylation sites (tertiary alicyclic amines) is 1. The van der Waals surface area contributed by atoms with Crippen molar-refractivity contribution < 1.29 is 4.74 Å². The monoisotopic (exact) mass is 232 g/mol. The van der Waals surface area contributed by atoms with Gasteiger partial charge in [-0.15, -0.1) is 0 Å². The van der Waals surface area contributed by atoms with Crippen LogP contribution in [0.2, 0.25) is 0 Å². The first-order valence-corrected chi connectivity index (χ1v) is 6.44. The lowest BCUT2D eigenvalue weighted by Gasteiger charge is -2.36. The number of likely N-dealkylation sites (N-methyl/N-ethyl adjacent to an activating group) is 1. The number of nitrogens with zero attached hydrogens (tertiary/aromatic N) is 2. The van der Waals surface area contributed by atoms with E-state index in [2.05, 4.69) is 36.5 Å². The van der Waals surface area contributed by atoms with Crippen molar-refractivity contribution in [1.29, 1.82) is 0 Å². The van der Waals surface area contributed by atoms with E-state index in [-0.39, 0.29) is 0 Å². The second-order valence-electron chi connectivity index (χ2n) is 4.40. The fraction of sp³-hybridized carbons (Fsp3) is 1.00. The quantitative estimate of drug-likeness (QED) is 0.542. The topological polar surface area (TPSA) is 15.7 Å². The van der Waals surface area contributed by atoms with Crippen LogP contribution in [0.5, 0.6) is 0 Å². The minimum atomic E-state index is 0.726. The number of hydrogen-bond donors (Lipinski definition) is 1. The Labute approximate surface area is 99.2 Å². The third-order valence-corrected chi connectivity index (χ3v) is 3.18. The molecule has 1 fully saturated rings. The number of piperidine rings is 1. The van der Waals surface area contributed by atoms with E-state index in [1.165, 1.54) is 25.9 Å². The normalized spacial score (nSPS) is 23.6. The first-order valence-electron chi connectivity index (χ1n) is 5.81. The fourth-order valence-corrected chi connectivity index (χ4v) is 2.15. The van der Waals surface area contributed by atoms with Crippen molar-refractivity contribution in [2.45, 2.75) is 18.9 Å². The molecule has 1 atom stereocenters. The fourth-order valence-electron chi connectivity index (χ4n) is 2.02. The number of thiol groups is 1. The molecule has 0 aromatic rings. The molecule has 0 aliphatic carbocycles. The molecule has 1 rings (SSSR count). The van der Waals surface area contributed by atoms with Crippen molar-refractivity contribution in [2.24, 2.45) is 0 Å². The van der Waals surface area contributed by atoms with E-state index in [1.54, 1.807) is 0 Å². The van der Waals surface area contributed by atoms with Crippen molar-refractivity contribution in [2.75, 3.05) is 52.7 Å². The van der Waals surface area contributed by atoms with Crippen LogP contribution in [0.15, 0.2) is 0 Å². The van der Waals surface area contributed by atoms with E-state index in [0.717, 1.165) is 31.6 Å². The third kappa shape index (κ3) is 5.20. The molecule has 1 heterocycles. The van der Waals surface area contributed by atoms with Crippen molar-refractivity contribution >= 4 is 12.6 Å². The standard InChI is InChI=1S/C11H24N2OS/c1-12(2)11-4-3-5-13(10-11)6-7-14-8-9-15/h11,15H,3-10H2,1-2H3. The second kappa shape index (κ2) is 7.49. The highest BCUT2D eigenvalue weighted by atomic mass is 32.1. The molecule has 1 aliphatic heterocycles. The first-order chi connectivity index (χ1) is 7.24. The maximum atomic E-state index is 5.45. The molecule has 1 aliphatic rings. The summed E-state index contributed by atoms with van der Waals surface area (Å²) in [7, 11) is 4.34. The average molecular weight is 232 g/mol. The predicted molar refractivity (Wildman–Crippen MR) is 67.8 cm³/mol. The molecular weight excluding hydrogens is 208 g/mol. The van der Waals surface area contributed by atoms with Crippen molar-refractivity contribution in [3.63, 3.8) is 0 Å². The van der Waals surface area contributed by atoms with Gasteiger partial charge in [0.2, 0.25) is 0 Å². The molecular formula is C11H24N2OS. The van der Waals surface area contributed by atoms with Gasteiger partial charge >= 0.3 is 0 Å². The van der Waals surface area contributed by atoms with Gasteiger partial charge in [-0.3, -0.25) is 4.90 Å². The van der Waals surface area contributed by atoms with Gasteiger partial charge in [0.1, 0.15) is 0 Å². The van der Waals surface area contributed by atoms with Crippen LogP contribution in [-0.2, 0) is 4.74 Å². The zero-order valence-corrected chi connectivity index (χ0v) is 10.9. The molecule has 4 heteroatoms. The number of rotatable bonds is 6. The first kappa shape index (κ1) is 13.3.